The van der Waals surface area contributed by atoms with E-state index >= 15 is 0 Å². The van der Waals surface area contributed by atoms with Crippen LogP contribution in [0.5, 0.6) is 5.75 Å². The topological polar surface area (TPSA) is 181 Å². The van der Waals surface area contributed by atoms with E-state index < -0.39 is 35.6 Å². The first-order valence-electron chi connectivity index (χ1n) is 17.4. The van der Waals surface area contributed by atoms with Crippen LogP contribution < -0.4 is 20.9 Å². The highest BCUT2D eigenvalue weighted by Gasteiger charge is 2.45. The number of hydroxylamine groups is 1. The zero-order valence-electron chi connectivity index (χ0n) is 29.3. The quantitative estimate of drug-likeness (QED) is 0.0513. The molecule has 1 aromatic heterocycles. The van der Waals surface area contributed by atoms with Crippen molar-refractivity contribution in [1.29, 1.82) is 0 Å². The molecule has 2 aliphatic rings. The Hall–Kier alpha value is -5.61. The van der Waals surface area contributed by atoms with E-state index in [1.165, 1.54) is 0 Å². The lowest BCUT2D eigenvalue weighted by Gasteiger charge is -2.27. The molecule has 15 heteroatoms. The number of nitrogens with one attached hydrogen (secondary N) is 3. The van der Waals surface area contributed by atoms with Gasteiger partial charge in [-0.15, -0.1) is 0 Å². The second-order valence-corrected chi connectivity index (χ2v) is 12.8. The van der Waals surface area contributed by atoms with Crippen LogP contribution in [0.2, 0.25) is 0 Å². The first-order valence-corrected chi connectivity index (χ1v) is 17.4. The molecule has 6 rings (SSSR count). The Morgan fingerprint density at radius 2 is 1.75 bits per heavy atom. The third-order valence-electron chi connectivity index (χ3n) is 9.11. The lowest BCUT2D eigenvalue weighted by molar-refractivity contribution is -0.136. The van der Waals surface area contributed by atoms with Crippen LogP contribution in [0, 0.1) is 0 Å². The van der Waals surface area contributed by atoms with Gasteiger partial charge in [-0.05, 0) is 66.9 Å². The minimum Gasteiger partial charge on any atom is -0.492 e. The fourth-order valence-corrected chi connectivity index (χ4v) is 6.43. The van der Waals surface area contributed by atoms with E-state index in [9.17, 15) is 24.0 Å². The SMILES string of the molecule is CN(CCOCCOCCNc1cccc2c1C(=O)N(C1CCC(=O)NC1=O)C2=O)Cc1cccc(OCCn2ccc3ccc(C(=O)NO)cc32)c1. The van der Waals surface area contributed by atoms with Gasteiger partial charge in [0, 0.05) is 49.0 Å². The van der Waals surface area contributed by atoms with Gasteiger partial charge in [0.1, 0.15) is 18.4 Å². The second-order valence-electron chi connectivity index (χ2n) is 12.8. The first-order chi connectivity index (χ1) is 25.7. The number of nitrogens with zero attached hydrogens (tertiary/aromatic N) is 3. The van der Waals surface area contributed by atoms with Crippen LogP contribution in [0.1, 0.15) is 49.5 Å². The molecule has 1 unspecified atom stereocenters. The molecular weight excluding hydrogens is 684 g/mol. The molecule has 15 nitrogen and oxygen atoms in total. The third-order valence-corrected chi connectivity index (χ3v) is 9.11. The summed E-state index contributed by atoms with van der Waals surface area (Å²) in [7, 11) is 2.02. The van der Waals surface area contributed by atoms with E-state index in [0.29, 0.717) is 70.5 Å². The number of imide groups is 2. The predicted molar refractivity (Wildman–Crippen MR) is 193 cm³/mol. The highest BCUT2D eigenvalue weighted by atomic mass is 16.5. The number of likely N-dealkylation sites (N-methyl/N-ethyl adjacent to an activating group) is 1. The minimum atomic E-state index is -1.01. The van der Waals surface area contributed by atoms with Crippen molar-refractivity contribution in [3.63, 3.8) is 0 Å². The van der Waals surface area contributed by atoms with Crippen molar-refractivity contribution in [1.82, 2.24) is 25.2 Å². The van der Waals surface area contributed by atoms with Crippen molar-refractivity contribution in [3.8, 4) is 5.75 Å². The number of carbonyl (C=O) groups excluding carboxylic acids is 5. The van der Waals surface area contributed by atoms with Gasteiger partial charge in [0.25, 0.3) is 17.7 Å². The van der Waals surface area contributed by atoms with Gasteiger partial charge < -0.3 is 24.1 Å². The van der Waals surface area contributed by atoms with Gasteiger partial charge in [-0.2, -0.15) is 0 Å². The van der Waals surface area contributed by atoms with E-state index in [4.69, 9.17) is 19.4 Å². The summed E-state index contributed by atoms with van der Waals surface area (Å²) in [5.74, 6) is -1.96. The molecule has 5 amide bonds. The van der Waals surface area contributed by atoms with Crippen LogP contribution in [0.25, 0.3) is 10.9 Å². The molecule has 278 valence electrons. The van der Waals surface area contributed by atoms with E-state index in [-0.39, 0.29) is 24.0 Å². The van der Waals surface area contributed by atoms with E-state index in [1.54, 1.807) is 35.8 Å². The average molecular weight is 727 g/mol. The zero-order valence-corrected chi connectivity index (χ0v) is 29.3. The maximum Gasteiger partial charge on any atom is 0.274 e. The van der Waals surface area contributed by atoms with Crippen molar-refractivity contribution in [3.05, 3.63) is 95.2 Å². The zero-order chi connectivity index (χ0) is 37.3. The molecule has 0 spiro atoms. The van der Waals surface area contributed by atoms with Crippen LogP contribution in [-0.2, 0) is 32.2 Å². The largest absolute Gasteiger partial charge is 0.492 e. The number of hydrogen-bond donors (Lipinski definition) is 4. The van der Waals surface area contributed by atoms with E-state index in [0.717, 1.165) is 27.1 Å². The number of rotatable bonds is 18. The molecule has 3 aromatic carbocycles. The van der Waals surface area contributed by atoms with Gasteiger partial charge in [-0.25, -0.2) is 5.48 Å². The summed E-state index contributed by atoms with van der Waals surface area (Å²) in [6.45, 7) is 4.50. The number of aromatic nitrogens is 1. The van der Waals surface area contributed by atoms with Crippen molar-refractivity contribution < 1.29 is 43.4 Å². The van der Waals surface area contributed by atoms with Crippen molar-refractivity contribution in [2.75, 3.05) is 58.5 Å². The lowest BCUT2D eigenvalue weighted by Crippen LogP contribution is -2.54. The standard InChI is InChI=1S/C38H42N6O9/c1-42(24-25-4-2-5-28(22-25)53-19-16-43-14-12-26-8-9-27(23-32(26)43)35(46)41-50)15-18-52-21-20-51-17-13-39-30-7-3-6-29-34(30)38(49)44(37(29)48)31-10-11-33(45)40-36(31)47/h2-9,12,14,22-23,31,39,50H,10-11,13,15-21,24H2,1H3,(H,41,46)(H,40,45,47). The molecule has 1 fully saturated rings. The molecule has 4 aromatic rings. The Labute approximate surface area is 305 Å². The summed E-state index contributed by atoms with van der Waals surface area (Å²) in [4.78, 5) is 65.0. The van der Waals surface area contributed by atoms with Gasteiger partial charge in [-0.3, -0.25) is 44.3 Å². The van der Waals surface area contributed by atoms with Gasteiger partial charge in [0.15, 0.2) is 0 Å². The summed E-state index contributed by atoms with van der Waals surface area (Å²) in [6.07, 6.45) is 2.11. The fourth-order valence-electron chi connectivity index (χ4n) is 6.43. The van der Waals surface area contributed by atoms with Gasteiger partial charge in [-0.1, -0.05) is 24.3 Å². The number of benzene rings is 3. The maximum atomic E-state index is 13.2. The fraction of sp³-hybridized carbons (Fsp3) is 0.342. The first kappa shape index (κ1) is 37.2. The predicted octanol–water partition coefficient (Wildman–Crippen LogP) is 2.82. The van der Waals surface area contributed by atoms with Gasteiger partial charge in [0.05, 0.1) is 44.1 Å². The Morgan fingerprint density at radius 3 is 2.57 bits per heavy atom. The lowest BCUT2D eigenvalue weighted by atomic mass is 10.0. The maximum absolute atomic E-state index is 13.2. The molecule has 0 bridgehead atoms. The summed E-state index contributed by atoms with van der Waals surface area (Å²) in [5, 5.41) is 15.3. The Morgan fingerprint density at radius 1 is 0.943 bits per heavy atom. The molecule has 53 heavy (non-hydrogen) atoms. The van der Waals surface area contributed by atoms with Crippen molar-refractivity contribution in [2.24, 2.45) is 0 Å². The van der Waals surface area contributed by atoms with E-state index in [2.05, 4.69) is 15.5 Å². The van der Waals surface area contributed by atoms with Crippen LogP contribution >= 0.6 is 0 Å². The number of amides is 5. The summed E-state index contributed by atoms with van der Waals surface area (Å²) < 4.78 is 19.5. The molecule has 0 saturated carbocycles. The smallest absolute Gasteiger partial charge is 0.274 e. The van der Waals surface area contributed by atoms with Crippen LogP contribution in [0.4, 0.5) is 5.69 Å². The molecule has 4 N–H and O–H groups in total. The minimum absolute atomic E-state index is 0.0634. The summed E-state index contributed by atoms with van der Waals surface area (Å²) in [6, 6.07) is 19.1. The molecule has 3 heterocycles. The monoisotopic (exact) mass is 726 g/mol. The molecule has 1 saturated heterocycles. The summed E-state index contributed by atoms with van der Waals surface area (Å²) in [5.41, 5.74) is 4.93. The second kappa shape index (κ2) is 17.3. The van der Waals surface area contributed by atoms with Crippen molar-refractivity contribution in [2.45, 2.75) is 32.0 Å². The average Bonchev–Trinajstić information content (AvgIpc) is 3.67. The van der Waals surface area contributed by atoms with Crippen LogP contribution in [0.15, 0.2) is 72.9 Å². The Kier molecular flexibility index (Phi) is 12.1. The molecular formula is C38H42N6O9. The number of ether oxygens (including phenoxy) is 3. The Balaban J connectivity index is 0.855. The highest BCUT2D eigenvalue weighted by Crippen LogP contribution is 2.32. The normalized spacial score (nSPS) is 15.6. The van der Waals surface area contributed by atoms with Crippen LogP contribution in [0.3, 0.4) is 0 Å². The molecule has 1 atom stereocenters. The van der Waals surface area contributed by atoms with Crippen LogP contribution in [-0.4, -0.2) is 108 Å². The van der Waals surface area contributed by atoms with Gasteiger partial charge in [0.2, 0.25) is 11.8 Å². The third kappa shape index (κ3) is 8.89. The van der Waals surface area contributed by atoms with Gasteiger partial charge >= 0.3 is 0 Å². The highest BCUT2D eigenvalue weighted by molar-refractivity contribution is 6.25. The number of carbonyl (C=O) groups is 5. The van der Waals surface area contributed by atoms with Crippen molar-refractivity contribution >= 4 is 46.1 Å². The molecule has 0 radical (unpaired) electrons. The number of anilines is 1. The summed E-state index contributed by atoms with van der Waals surface area (Å²) >= 11 is 0. The van der Waals surface area contributed by atoms with E-state index in [1.807, 2.05) is 54.2 Å². The Bertz CT molecular complexity index is 2000. The number of piperidine rings is 1. The molecule has 2 aliphatic heterocycles. The molecule has 0 aliphatic carbocycles. The number of fused-ring (bicyclic) bond motifs is 2. The number of hydrogen-bond acceptors (Lipinski definition) is 11.